The highest BCUT2D eigenvalue weighted by atomic mass is 16.3. The molecule has 0 saturated carbocycles. The topological polar surface area (TPSA) is 68.3 Å². The third-order valence-electron chi connectivity index (χ3n) is 3.52. The van der Waals surface area contributed by atoms with Crippen LogP contribution in [0.25, 0.3) is 0 Å². The summed E-state index contributed by atoms with van der Waals surface area (Å²) in [6.45, 7) is 5.68. The molecule has 1 heterocycles. The molecule has 1 aromatic carbocycles. The van der Waals surface area contributed by atoms with E-state index >= 15 is 0 Å². The van der Waals surface area contributed by atoms with Gasteiger partial charge in [0.15, 0.2) is 0 Å². The zero-order valence-electron chi connectivity index (χ0n) is 12.0. The van der Waals surface area contributed by atoms with Crippen molar-refractivity contribution in [2.24, 2.45) is 0 Å². The number of carbonyl (C=O) groups excluding carboxylic acids is 1. The van der Waals surface area contributed by atoms with E-state index in [2.05, 4.69) is 5.32 Å². The minimum absolute atomic E-state index is 0.0498. The predicted molar refractivity (Wildman–Crippen MR) is 79.1 cm³/mol. The highest BCUT2D eigenvalue weighted by Crippen LogP contribution is 2.25. The van der Waals surface area contributed by atoms with E-state index in [0.717, 1.165) is 11.3 Å². The van der Waals surface area contributed by atoms with Crippen molar-refractivity contribution in [1.29, 1.82) is 0 Å². The van der Waals surface area contributed by atoms with Crippen molar-refractivity contribution in [1.82, 2.24) is 5.32 Å². The number of nitrogen functional groups attached to an aromatic ring is 1. The molecule has 1 amide bonds. The molecular weight excluding hydrogens is 252 g/mol. The van der Waals surface area contributed by atoms with Gasteiger partial charge in [-0.1, -0.05) is 12.1 Å². The van der Waals surface area contributed by atoms with Gasteiger partial charge in [-0.25, -0.2) is 0 Å². The summed E-state index contributed by atoms with van der Waals surface area (Å²) in [6, 6.07) is 10.9. The maximum atomic E-state index is 12.5. The van der Waals surface area contributed by atoms with Crippen LogP contribution in [0.4, 0.5) is 5.69 Å². The van der Waals surface area contributed by atoms with Crippen LogP contribution in [0.3, 0.4) is 0 Å². The molecule has 4 nitrogen and oxygen atoms in total. The minimum Gasteiger partial charge on any atom is -0.467 e. The van der Waals surface area contributed by atoms with E-state index in [1.807, 2.05) is 45.0 Å². The summed E-state index contributed by atoms with van der Waals surface area (Å²) in [5.41, 5.74) is 6.66. The van der Waals surface area contributed by atoms with E-state index in [4.69, 9.17) is 10.2 Å². The lowest BCUT2D eigenvalue weighted by Gasteiger charge is -2.26. The molecular formula is C16H20N2O2. The highest BCUT2D eigenvalue weighted by molar-refractivity contribution is 5.87. The van der Waals surface area contributed by atoms with Gasteiger partial charge in [0.25, 0.3) is 0 Å². The standard InChI is InChI=1S/C16H20N2O2/c1-11(14-5-4-10-20-14)18-15(19)16(2,3)12-6-8-13(17)9-7-12/h4-11H,17H2,1-3H3,(H,18,19)/t11-/m0/s1. The number of benzene rings is 1. The van der Waals surface area contributed by atoms with Crippen LogP contribution in [-0.4, -0.2) is 5.91 Å². The Morgan fingerprint density at radius 3 is 2.45 bits per heavy atom. The van der Waals surface area contributed by atoms with Gasteiger partial charge in [-0.05, 0) is 50.6 Å². The van der Waals surface area contributed by atoms with E-state index in [0.29, 0.717) is 5.69 Å². The Labute approximate surface area is 119 Å². The summed E-state index contributed by atoms with van der Waals surface area (Å²) in [4.78, 5) is 12.5. The fraction of sp³-hybridized carbons (Fsp3) is 0.312. The van der Waals surface area contributed by atoms with Gasteiger partial charge in [-0.2, -0.15) is 0 Å². The van der Waals surface area contributed by atoms with Crippen LogP contribution in [0.2, 0.25) is 0 Å². The smallest absolute Gasteiger partial charge is 0.230 e. The summed E-state index contributed by atoms with van der Waals surface area (Å²) >= 11 is 0. The maximum Gasteiger partial charge on any atom is 0.230 e. The second-order valence-electron chi connectivity index (χ2n) is 5.46. The van der Waals surface area contributed by atoms with Crippen LogP contribution in [0, 0.1) is 0 Å². The number of hydrogen-bond acceptors (Lipinski definition) is 3. The molecule has 0 saturated heterocycles. The molecule has 0 aliphatic heterocycles. The molecule has 20 heavy (non-hydrogen) atoms. The normalized spacial score (nSPS) is 12.9. The van der Waals surface area contributed by atoms with E-state index in [1.54, 1.807) is 18.4 Å². The molecule has 0 spiro atoms. The zero-order valence-corrected chi connectivity index (χ0v) is 12.0. The van der Waals surface area contributed by atoms with Gasteiger partial charge in [-0.3, -0.25) is 4.79 Å². The number of furan rings is 1. The Morgan fingerprint density at radius 1 is 1.25 bits per heavy atom. The molecule has 0 fully saturated rings. The van der Waals surface area contributed by atoms with E-state index < -0.39 is 5.41 Å². The first-order chi connectivity index (χ1) is 9.41. The molecule has 3 N–H and O–H groups in total. The summed E-state index contributed by atoms with van der Waals surface area (Å²) in [5, 5.41) is 2.97. The minimum atomic E-state index is -0.630. The van der Waals surface area contributed by atoms with Crippen molar-refractivity contribution in [2.45, 2.75) is 32.2 Å². The maximum absolute atomic E-state index is 12.5. The Balaban J connectivity index is 2.13. The van der Waals surface area contributed by atoms with Crippen LogP contribution in [-0.2, 0) is 10.2 Å². The average molecular weight is 272 g/mol. The van der Waals surface area contributed by atoms with Gasteiger partial charge in [0.05, 0.1) is 17.7 Å². The second-order valence-corrected chi connectivity index (χ2v) is 5.46. The fourth-order valence-electron chi connectivity index (χ4n) is 2.02. The van der Waals surface area contributed by atoms with Crippen molar-refractivity contribution >= 4 is 11.6 Å². The molecule has 2 rings (SSSR count). The van der Waals surface area contributed by atoms with Crippen molar-refractivity contribution in [3.05, 3.63) is 54.0 Å². The number of nitrogens with two attached hydrogens (primary N) is 1. The van der Waals surface area contributed by atoms with Crippen LogP contribution >= 0.6 is 0 Å². The molecule has 0 radical (unpaired) electrons. The van der Waals surface area contributed by atoms with Gasteiger partial charge in [0.2, 0.25) is 5.91 Å². The quantitative estimate of drug-likeness (QED) is 0.841. The Morgan fingerprint density at radius 2 is 1.90 bits per heavy atom. The second kappa shape index (κ2) is 5.41. The molecule has 0 unspecified atom stereocenters. The van der Waals surface area contributed by atoms with Gasteiger partial charge < -0.3 is 15.5 Å². The molecule has 1 aromatic heterocycles. The fourth-order valence-corrected chi connectivity index (χ4v) is 2.02. The first-order valence-electron chi connectivity index (χ1n) is 6.61. The molecule has 1 atom stereocenters. The third kappa shape index (κ3) is 2.85. The van der Waals surface area contributed by atoms with Crippen molar-refractivity contribution in [3.63, 3.8) is 0 Å². The molecule has 4 heteroatoms. The molecule has 2 aromatic rings. The molecule has 0 aliphatic rings. The van der Waals surface area contributed by atoms with E-state index in [-0.39, 0.29) is 11.9 Å². The molecule has 0 bridgehead atoms. The Kier molecular flexibility index (Phi) is 3.84. The monoisotopic (exact) mass is 272 g/mol. The first-order valence-corrected chi connectivity index (χ1v) is 6.61. The SMILES string of the molecule is C[C@H](NC(=O)C(C)(C)c1ccc(N)cc1)c1ccco1. The van der Waals surface area contributed by atoms with Gasteiger partial charge in [-0.15, -0.1) is 0 Å². The largest absolute Gasteiger partial charge is 0.467 e. The molecule has 0 aliphatic carbocycles. The highest BCUT2D eigenvalue weighted by Gasteiger charge is 2.31. The number of carbonyl (C=O) groups is 1. The van der Waals surface area contributed by atoms with Crippen LogP contribution in [0.5, 0.6) is 0 Å². The number of amides is 1. The Bertz CT molecular complexity index is 571. The van der Waals surface area contributed by atoms with E-state index in [1.165, 1.54) is 0 Å². The van der Waals surface area contributed by atoms with Crippen molar-refractivity contribution in [2.75, 3.05) is 5.73 Å². The number of anilines is 1. The predicted octanol–water partition coefficient (Wildman–Crippen LogP) is 3.02. The Hall–Kier alpha value is -2.23. The van der Waals surface area contributed by atoms with Crippen LogP contribution < -0.4 is 11.1 Å². The van der Waals surface area contributed by atoms with Gasteiger partial charge in [0.1, 0.15) is 5.76 Å². The number of hydrogen-bond donors (Lipinski definition) is 2. The summed E-state index contributed by atoms with van der Waals surface area (Å²) in [7, 11) is 0. The number of nitrogens with one attached hydrogen (secondary N) is 1. The number of rotatable bonds is 4. The third-order valence-corrected chi connectivity index (χ3v) is 3.52. The lowest BCUT2D eigenvalue weighted by Crippen LogP contribution is -2.41. The van der Waals surface area contributed by atoms with Crippen molar-refractivity contribution in [3.8, 4) is 0 Å². The van der Waals surface area contributed by atoms with Gasteiger partial charge in [0, 0.05) is 5.69 Å². The zero-order chi connectivity index (χ0) is 14.8. The molecule has 106 valence electrons. The lowest BCUT2D eigenvalue weighted by molar-refractivity contribution is -0.126. The lowest BCUT2D eigenvalue weighted by atomic mass is 9.83. The van der Waals surface area contributed by atoms with Crippen molar-refractivity contribution < 1.29 is 9.21 Å². The van der Waals surface area contributed by atoms with Crippen LogP contribution in [0.1, 0.15) is 38.1 Å². The van der Waals surface area contributed by atoms with Gasteiger partial charge >= 0.3 is 0 Å². The summed E-state index contributed by atoms with van der Waals surface area (Å²) in [5.74, 6) is 0.692. The first kappa shape index (κ1) is 14.2. The van der Waals surface area contributed by atoms with Crippen LogP contribution in [0.15, 0.2) is 47.1 Å². The average Bonchev–Trinajstić information content (AvgIpc) is 2.93. The van der Waals surface area contributed by atoms with E-state index in [9.17, 15) is 4.79 Å². The summed E-state index contributed by atoms with van der Waals surface area (Å²) < 4.78 is 5.30. The summed E-state index contributed by atoms with van der Waals surface area (Å²) in [6.07, 6.45) is 1.60.